The lowest BCUT2D eigenvalue weighted by Crippen LogP contribution is -2.02. The molecule has 0 bridgehead atoms. The summed E-state index contributed by atoms with van der Waals surface area (Å²) in [5.41, 5.74) is 1.55. The van der Waals surface area contributed by atoms with E-state index in [9.17, 15) is 8.78 Å². The van der Waals surface area contributed by atoms with E-state index in [1.165, 1.54) is 0 Å². The fourth-order valence-electron chi connectivity index (χ4n) is 1.61. The number of pyridine rings is 1. The highest BCUT2D eigenvalue weighted by molar-refractivity contribution is 5.42. The quantitative estimate of drug-likeness (QED) is 0.899. The van der Waals surface area contributed by atoms with Crippen LogP contribution in [0.25, 0.3) is 0 Å². The third kappa shape index (κ3) is 3.64. The van der Waals surface area contributed by atoms with Crippen LogP contribution in [0.4, 0.5) is 14.5 Å². The van der Waals surface area contributed by atoms with Crippen molar-refractivity contribution in [3.8, 4) is 5.75 Å². The Balaban J connectivity index is 2.05. The van der Waals surface area contributed by atoms with Crippen molar-refractivity contribution < 1.29 is 13.5 Å². The van der Waals surface area contributed by atoms with Gasteiger partial charge in [-0.25, -0.2) is 8.78 Å². The van der Waals surface area contributed by atoms with Crippen LogP contribution in [0.3, 0.4) is 0 Å². The highest BCUT2D eigenvalue weighted by Crippen LogP contribution is 2.19. The van der Waals surface area contributed by atoms with Crippen LogP contribution in [0.1, 0.15) is 12.6 Å². The molecule has 0 saturated heterocycles. The maximum atomic E-state index is 13.3. The van der Waals surface area contributed by atoms with Gasteiger partial charge in [0.05, 0.1) is 5.69 Å². The maximum absolute atomic E-state index is 13.3. The third-order valence-electron chi connectivity index (χ3n) is 2.47. The Morgan fingerprint density at radius 3 is 2.84 bits per heavy atom. The van der Waals surface area contributed by atoms with Crippen LogP contribution >= 0.6 is 0 Å². The van der Waals surface area contributed by atoms with Crippen LogP contribution in [0.2, 0.25) is 0 Å². The molecule has 1 aromatic carbocycles. The van der Waals surface area contributed by atoms with Crippen LogP contribution in [0.5, 0.6) is 5.75 Å². The third-order valence-corrected chi connectivity index (χ3v) is 2.47. The summed E-state index contributed by atoms with van der Waals surface area (Å²) in [5.74, 6) is -1.24. The van der Waals surface area contributed by atoms with E-state index in [4.69, 9.17) is 4.74 Å². The summed E-state index contributed by atoms with van der Waals surface area (Å²) in [5, 5.41) is 3.14. The maximum Gasteiger partial charge on any atom is 0.165 e. The van der Waals surface area contributed by atoms with Crippen molar-refractivity contribution in [2.75, 3.05) is 11.9 Å². The Labute approximate surface area is 110 Å². The number of anilines is 1. The topological polar surface area (TPSA) is 34.2 Å². The highest BCUT2D eigenvalue weighted by atomic mass is 19.1. The van der Waals surface area contributed by atoms with E-state index in [1.54, 1.807) is 12.3 Å². The molecule has 2 rings (SSSR count). The number of nitrogens with zero attached hydrogens (tertiary/aromatic N) is 1. The lowest BCUT2D eigenvalue weighted by molar-refractivity contribution is 0.284. The second-order valence-electron chi connectivity index (χ2n) is 3.93. The number of rotatable bonds is 5. The summed E-state index contributed by atoms with van der Waals surface area (Å²) in [7, 11) is 0. The lowest BCUT2D eigenvalue weighted by Gasteiger charge is -2.08. The van der Waals surface area contributed by atoms with E-state index < -0.39 is 11.6 Å². The van der Waals surface area contributed by atoms with Crippen molar-refractivity contribution in [3.63, 3.8) is 0 Å². The van der Waals surface area contributed by atoms with Gasteiger partial charge < -0.3 is 10.1 Å². The Morgan fingerprint density at radius 1 is 1.21 bits per heavy atom. The van der Waals surface area contributed by atoms with Gasteiger partial charge in [-0.3, -0.25) is 4.98 Å². The monoisotopic (exact) mass is 264 g/mol. The molecule has 5 heteroatoms. The van der Waals surface area contributed by atoms with Gasteiger partial charge in [-0.05, 0) is 31.2 Å². The first-order valence-corrected chi connectivity index (χ1v) is 5.95. The van der Waals surface area contributed by atoms with E-state index in [0.717, 1.165) is 30.4 Å². The van der Waals surface area contributed by atoms with Crippen LogP contribution in [-0.2, 0) is 6.61 Å². The van der Waals surface area contributed by atoms with Gasteiger partial charge in [0.2, 0.25) is 0 Å². The van der Waals surface area contributed by atoms with Crippen molar-refractivity contribution in [2.24, 2.45) is 0 Å². The molecule has 0 aliphatic rings. The zero-order chi connectivity index (χ0) is 13.7. The number of hydrogen-bond acceptors (Lipinski definition) is 3. The van der Waals surface area contributed by atoms with Gasteiger partial charge in [-0.15, -0.1) is 0 Å². The second-order valence-corrected chi connectivity index (χ2v) is 3.93. The Kier molecular flexibility index (Phi) is 4.28. The van der Waals surface area contributed by atoms with Crippen LogP contribution in [0, 0.1) is 11.6 Å². The zero-order valence-corrected chi connectivity index (χ0v) is 10.5. The van der Waals surface area contributed by atoms with Gasteiger partial charge in [-0.2, -0.15) is 0 Å². The molecule has 100 valence electrons. The molecule has 1 aromatic heterocycles. The molecule has 1 N–H and O–H groups in total. The number of hydrogen-bond donors (Lipinski definition) is 1. The zero-order valence-electron chi connectivity index (χ0n) is 10.5. The van der Waals surface area contributed by atoms with Gasteiger partial charge in [-0.1, -0.05) is 0 Å². The summed E-state index contributed by atoms with van der Waals surface area (Å²) in [4.78, 5) is 4.11. The summed E-state index contributed by atoms with van der Waals surface area (Å²) < 4.78 is 31.5. The summed E-state index contributed by atoms with van der Waals surface area (Å²) in [6, 6.07) is 6.74. The minimum Gasteiger partial charge on any atom is -0.484 e. The predicted octanol–water partition coefficient (Wildman–Crippen LogP) is 3.37. The van der Waals surface area contributed by atoms with Gasteiger partial charge in [0.15, 0.2) is 11.6 Å². The first-order chi connectivity index (χ1) is 9.19. The van der Waals surface area contributed by atoms with Crippen molar-refractivity contribution in [1.29, 1.82) is 0 Å². The minimum atomic E-state index is -0.593. The molecule has 0 aliphatic heterocycles. The fraction of sp³-hybridized carbons (Fsp3) is 0.214. The van der Waals surface area contributed by atoms with Crippen molar-refractivity contribution in [1.82, 2.24) is 4.98 Å². The molecule has 2 aromatic rings. The molecule has 0 radical (unpaired) electrons. The van der Waals surface area contributed by atoms with E-state index in [0.29, 0.717) is 5.69 Å². The SMILES string of the molecule is CCNc1ccnc(COc2cc(F)ccc2F)c1. The van der Waals surface area contributed by atoms with Crippen LogP contribution in [-0.4, -0.2) is 11.5 Å². The molecule has 0 amide bonds. The first kappa shape index (κ1) is 13.3. The molecule has 0 spiro atoms. The summed E-state index contributed by atoms with van der Waals surface area (Å²) >= 11 is 0. The number of aromatic nitrogens is 1. The number of ether oxygens (including phenoxy) is 1. The van der Waals surface area contributed by atoms with E-state index in [-0.39, 0.29) is 12.4 Å². The summed E-state index contributed by atoms with van der Waals surface area (Å²) in [6.07, 6.45) is 1.64. The molecule has 3 nitrogen and oxygen atoms in total. The average Bonchev–Trinajstić information content (AvgIpc) is 2.41. The molecule has 0 aliphatic carbocycles. The van der Waals surface area contributed by atoms with Crippen molar-refractivity contribution in [2.45, 2.75) is 13.5 Å². The molecule has 0 atom stereocenters. The lowest BCUT2D eigenvalue weighted by atomic mass is 10.3. The van der Waals surface area contributed by atoms with Crippen LogP contribution in [0.15, 0.2) is 36.5 Å². The highest BCUT2D eigenvalue weighted by Gasteiger charge is 2.06. The standard InChI is InChI=1S/C14H14F2N2O/c1-2-17-11-5-6-18-12(8-11)9-19-14-7-10(15)3-4-13(14)16/h3-8H,2,9H2,1H3,(H,17,18). The smallest absolute Gasteiger partial charge is 0.165 e. The molecular formula is C14H14F2N2O. The van der Waals surface area contributed by atoms with Crippen LogP contribution < -0.4 is 10.1 Å². The number of benzene rings is 1. The van der Waals surface area contributed by atoms with Crippen molar-refractivity contribution >= 4 is 5.69 Å². The molecule has 1 heterocycles. The van der Waals surface area contributed by atoms with Gasteiger partial charge in [0, 0.05) is 24.5 Å². The Hall–Kier alpha value is -2.17. The largest absolute Gasteiger partial charge is 0.484 e. The first-order valence-electron chi connectivity index (χ1n) is 5.95. The van der Waals surface area contributed by atoms with Crippen molar-refractivity contribution in [3.05, 3.63) is 53.9 Å². The predicted molar refractivity (Wildman–Crippen MR) is 69.1 cm³/mol. The molecular weight excluding hydrogens is 250 g/mol. The van der Waals surface area contributed by atoms with E-state index in [1.807, 2.05) is 13.0 Å². The minimum absolute atomic E-state index is 0.0829. The summed E-state index contributed by atoms with van der Waals surface area (Å²) in [6.45, 7) is 2.86. The Bertz CT molecular complexity index is 561. The average molecular weight is 264 g/mol. The molecule has 0 fully saturated rings. The Morgan fingerprint density at radius 2 is 2.05 bits per heavy atom. The fourth-order valence-corrected chi connectivity index (χ4v) is 1.61. The molecule has 0 unspecified atom stereocenters. The number of nitrogens with one attached hydrogen (secondary N) is 1. The van der Waals surface area contributed by atoms with Gasteiger partial charge in [0.25, 0.3) is 0 Å². The van der Waals surface area contributed by atoms with E-state index in [2.05, 4.69) is 10.3 Å². The second kappa shape index (κ2) is 6.13. The normalized spacial score (nSPS) is 10.3. The van der Waals surface area contributed by atoms with Gasteiger partial charge >= 0.3 is 0 Å². The van der Waals surface area contributed by atoms with E-state index >= 15 is 0 Å². The van der Waals surface area contributed by atoms with Gasteiger partial charge in [0.1, 0.15) is 12.4 Å². The number of halogens is 2. The molecule has 0 saturated carbocycles. The molecule has 19 heavy (non-hydrogen) atoms.